The van der Waals surface area contributed by atoms with Gasteiger partial charge in [0.1, 0.15) is 5.66 Å². The lowest BCUT2D eigenvalue weighted by Gasteiger charge is -2.40. The minimum absolute atomic E-state index is 0.0116. The fourth-order valence-corrected chi connectivity index (χ4v) is 4.54. The number of para-hydroxylation sites is 1. The summed E-state index contributed by atoms with van der Waals surface area (Å²) in [6.45, 7) is 4.63. The fourth-order valence-electron chi connectivity index (χ4n) is 4.01. The Bertz CT molecular complexity index is 886. The van der Waals surface area contributed by atoms with Crippen LogP contribution in [0.25, 0.3) is 6.08 Å². The predicted molar refractivity (Wildman–Crippen MR) is 103 cm³/mol. The van der Waals surface area contributed by atoms with Crippen LogP contribution in [0.4, 0.5) is 5.69 Å². The molecule has 2 aromatic rings. The Labute approximate surface area is 157 Å². The Kier molecular flexibility index (Phi) is 3.64. The van der Waals surface area contributed by atoms with Crippen molar-refractivity contribution in [2.45, 2.75) is 24.9 Å². The summed E-state index contributed by atoms with van der Waals surface area (Å²) in [5, 5.41) is 4.36. The average molecular weight is 373 g/mol. The molecule has 0 aliphatic carbocycles. The summed E-state index contributed by atoms with van der Waals surface area (Å²) in [6, 6.07) is 13.7. The van der Waals surface area contributed by atoms with Gasteiger partial charge < -0.3 is 10.2 Å². The van der Waals surface area contributed by atoms with Gasteiger partial charge in [-0.1, -0.05) is 67.4 Å². The van der Waals surface area contributed by atoms with Crippen molar-refractivity contribution in [1.29, 1.82) is 0 Å². The molecule has 2 heterocycles. The molecule has 1 fully saturated rings. The van der Waals surface area contributed by atoms with Crippen LogP contribution in [0.2, 0.25) is 10.0 Å². The third-order valence-corrected chi connectivity index (χ3v) is 6.03. The molecule has 1 N–H and O–H groups in total. The highest BCUT2D eigenvalue weighted by atomic mass is 35.5. The molecule has 128 valence electrons. The second kappa shape index (κ2) is 5.52. The van der Waals surface area contributed by atoms with Crippen molar-refractivity contribution in [2.75, 3.05) is 11.4 Å². The maximum Gasteiger partial charge on any atom is 0.241 e. The number of halogens is 2. The van der Waals surface area contributed by atoms with Gasteiger partial charge in [-0.3, -0.25) is 4.79 Å². The first-order valence-electron chi connectivity index (χ1n) is 8.18. The van der Waals surface area contributed by atoms with Gasteiger partial charge in [-0.05, 0) is 29.8 Å². The molecule has 4 rings (SSSR count). The quantitative estimate of drug-likeness (QED) is 0.833. The molecule has 25 heavy (non-hydrogen) atoms. The van der Waals surface area contributed by atoms with E-state index in [9.17, 15) is 4.79 Å². The zero-order valence-electron chi connectivity index (χ0n) is 14.0. The monoisotopic (exact) mass is 372 g/mol. The van der Waals surface area contributed by atoms with E-state index in [0.29, 0.717) is 16.6 Å². The molecule has 1 saturated heterocycles. The summed E-state index contributed by atoms with van der Waals surface area (Å²) in [5.74, 6) is 0.0116. The number of nitrogens with one attached hydrogen (secondary N) is 1. The van der Waals surface area contributed by atoms with Gasteiger partial charge in [0.25, 0.3) is 0 Å². The number of carbonyl (C=O) groups is 1. The van der Waals surface area contributed by atoms with Crippen LogP contribution in [0.5, 0.6) is 0 Å². The molecular formula is C20H18Cl2N2O. The number of hydrogen-bond donors (Lipinski definition) is 1. The first kappa shape index (κ1) is 16.5. The van der Waals surface area contributed by atoms with E-state index in [0.717, 1.165) is 11.3 Å². The predicted octanol–water partition coefficient (Wildman–Crippen LogP) is 4.63. The number of rotatable bonds is 2. The molecule has 0 aromatic heterocycles. The first-order valence-corrected chi connectivity index (χ1v) is 8.94. The molecule has 3 nitrogen and oxygen atoms in total. The van der Waals surface area contributed by atoms with Gasteiger partial charge in [-0.25, -0.2) is 0 Å². The van der Waals surface area contributed by atoms with Gasteiger partial charge in [0.05, 0.1) is 6.54 Å². The Morgan fingerprint density at radius 3 is 2.48 bits per heavy atom. The van der Waals surface area contributed by atoms with Gasteiger partial charge in [0, 0.05) is 26.7 Å². The standard InChI is InChI=1S/C20H18Cl2N2O/c1-19(2)14-6-3-4-9-17(14)24-12-18(25)23-20(19,24)11-10-13-15(21)7-5-8-16(13)22/h3-11H,12H2,1-2H3,(H,23,25)/b11-10+. The lowest BCUT2D eigenvalue weighted by atomic mass is 9.75. The molecule has 1 unspecified atom stereocenters. The SMILES string of the molecule is CC1(C)c2ccccc2N2CC(=O)NC21/C=C/c1c(Cl)cccc1Cl. The minimum Gasteiger partial charge on any atom is -0.335 e. The Morgan fingerprint density at radius 2 is 1.76 bits per heavy atom. The van der Waals surface area contributed by atoms with Gasteiger partial charge in [0.15, 0.2) is 0 Å². The van der Waals surface area contributed by atoms with Gasteiger partial charge in [-0.15, -0.1) is 0 Å². The van der Waals surface area contributed by atoms with Crippen molar-refractivity contribution in [2.24, 2.45) is 0 Å². The van der Waals surface area contributed by atoms with Crippen LogP contribution in [0.3, 0.4) is 0 Å². The molecule has 0 radical (unpaired) electrons. The van der Waals surface area contributed by atoms with E-state index in [2.05, 4.69) is 36.2 Å². The zero-order chi connectivity index (χ0) is 17.8. The second-order valence-corrected chi connectivity index (χ2v) is 7.83. The lowest BCUT2D eigenvalue weighted by Crippen LogP contribution is -2.58. The molecule has 1 amide bonds. The van der Waals surface area contributed by atoms with E-state index in [1.807, 2.05) is 42.5 Å². The van der Waals surface area contributed by atoms with Gasteiger partial charge in [-0.2, -0.15) is 0 Å². The largest absolute Gasteiger partial charge is 0.335 e. The van der Waals surface area contributed by atoms with Crippen LogP contribution in [-0.4, -0.2) is 18.1 Å². The highest BCUT2D eigenvalue weighted by Gasteiger charge is 2.59. The number of hydrogen-bond acceptors (Lipinski definition) is 2. The number of nitrogens with zero attached hydrogens (tertiary/aromatic N) is 1. The highest BCUT2D eigenvalue weighted by Crippen LogP contribution is 2.52. The first-order chi connectivity index (χ1) is 11.9. The van der Waals surface area contributed by atoms with Gasteiger partial charge >= 0.3 is 0 Å². The smallest absolute Gasteiger partial charge is 0.241 e. The van der Waals surface area contributed by atoms with E-state index in [1.54, 1.807) is 0 Å². The summed E-state index contributed by atoms with van der Waals surface area (Å²) in [4.78, 5) is 14.4. The third-order valence-electron chi connectivity index (χ3n) is 5.37. The van der Waals surface area contributed by atoms with Crippen LogP contribution in [0, 0.1) is 0 Å². The minimum atomic E-state index is -0.643. The highest BCUT2D eigenvalue weighted by molar-refractivity contribution is 6.37. The molecule has 1 atom stereocenters. The van der Waals surface area contributed by atoms with Crippen molar-refractivity contribution in [1.82, 2.24) is 5.32 Å². The van der Waals surface area contributed by atoms with E-state index < -0.39 is 5.66 Å². The molecule has 0 bridgehead atoms. The van der Waals surface area contributed by atoms with Crippen molar-refractivity contribution in [3.8, 4) is 0 Å². The van der Waals surface area contributed by atoms with Crippen LogP contribution < -0.4 is 10.2 Å². The molecular weight excluding hydrogens is 355 g/mol. The average Bonchev–Trinajstić information content (AvgIpc) is 2.99. The second-order valence-electron chi connectivity index (χ2n) is 7.01. The molecule has 2 aliphatic heterocycles. The van der Waals surface area contributed by atoms with Crippen molar-refractivity contribution < 1.29 is 4.79 Å². The summed E-state index contributed by atoms with van der Waals surface area (Å²) >= 11 is 12.6. The number of fused-ring (bicyclic) bond motifs is 3. The maximum absolute atomic E-state index is 12.3. The van der Waals surface area contributed by atoms with E-state index in [-0.39, 0.29) is 11.3 Å². The van der Waals surface area contributed by atoms with Crippen molar-refractivity contribution in [3.05, 3.63) is 69.7 Å². The van der Waals surface area contributed by atoms with Crippen LogP contribution in [0.15, 0.2) is 48.5 Å². The molecule has 0 spiro atoms. The number of anilines is 1. The molecule has 2 aromatic carbocycles. The van der Waals surface area contributed by atoms with Crippen LogP contribution >= 0.6 is 23.2 Å². The Hall–Kier alpha value is -1.97. The topological polar surface area (TPSA) is 32.3 Å². The summed E-state index contributed by atoms with van der Waals surface area (Å²) in [6.07, 6.45) is 3.93. The Morgan fingerprint density at radius 1 is 1.08 bits per heavy atom. The van der Waals surface area contributed by atoms with E-state index in [1.165, 1.54) is 5.56 Å². The zero-order valence-corrected chi connectivity index (χ0v) is 15.5. The van der Waals surface area contributed by atoms with Crippen molar-refractivity contribution >= 4 is 40.9 Å². The fraction of sp³-hybridized carbons (Fsp3) is 0.250. The van der Waals surface area contributed by atoms with E-state index in [4.69, 9.17) is 23.2 Å². The van der Waals surface area contributed by atoms with Crippen LogP contribution in [-0.2, 0) is 10.2 Å². The lowest BCUT2D eigenvalue weighted by molar-refractivity contribution is -0.118. The van der Waals surface area contributed by atoms with Crippen molar-refractivity contribution in [3.63, 3.8) is 0 Å². The maximum atomic E-state index is 12.3. The molecule has 0 saturated carbocycles. The van der Waals surface area contributed by atoms with Crippen LogP contribution in [0.1, 0.15) is 25.0 Å². The molecule has 5 heteroatoms. The normalized spacial score (nSPS) is 23.7. The number of benzene rings is 2. The number of amides is 1. The number of carbonyl (C=O) groups excluding carboxylic acids is 1. The van der Waals surface area contributed by atoms with Gasteiger partial charge in [0.2, 0.25) is 5.91 Å². The summed E-state index contributed by atoms with van der Waals surface area (Å²) in [5.41, 5.74) is 2.11. The Balaban J connectivity index is 1.87. The third kappa shape index (κ3) is 2.22. The summed E-state index contributed by atoms with van der Waals surface area (Å²) < 4.78 is 0. The summed E-state index contributed by atoms with van der Waals surface area (Å²) in [7, 11) is 0. The van der Waals surface area contributed by atoms with E-state index >= 15 is 0 Å². The molecule has 2 aliphatic rings.